The smallest absolute Gasteiger partial charge is 0.151 e. The predicted molar refractivity (Wildman–Crippen MR) is 490 cm³/mol. The average molecular weight is 1680 g/mol. The Morgan fingerprint density at radius 1 is 0.468 bits per heavy atom. The van der Waals surface area contributed by atoms with Crippen LogP contribution in [0.15, 0.2) is 266 Å². The summed E-state index contributed by atoms with van der Waals surface area (Å²) >= 11 is 6.45. The molecule has 12 heterocycles. The number of nitrogens with zero attached hydrogens (tertiary/aromatic N) is 18. The first kappa shape index (κ1) is 86.9. The van der Waals surface area contributed by atoms with Crippen LogP contribution in [0.25, 0.3) is 22.1 Å². The zero-order valence-corrected chi connectivity index (χ0v) is 72.9. The van der Waals surface area contributed by atoms with Gasteiger partial charge in [0, 0.05) is 189 Å². The Kier molecular flexibility index (Phi) is 29.0. The number of hydrogen-bond donors (Lipinski definition) is 2. The van der Waals surface area contributed by atoms with Gasteiger partial charge in [0.2, 0.25) is 0 Å². The van der Waals surface area contributed by atoms with Crippen LogP contribution >= 0.6 is 11.6 Å². The number of pyridine rings is 6. The van der Waals surface area contributed by atoms with Gasteiger partial charge in [0.15, 0.2) is 5.82 Å². The van der Waals surface area contributed by atoms with Gasteiger partial charge in [-0.25, -0.2) is 28.7 Å². The predicted octanol–water partition coefficient (Wildman–Crippen LogP) is 20.0. The van der Waals surface area contributed by atoms with Gasteiger partial charge < -0.3 is 19.1 Å². The van der Waals surface area contributed by atoms with Gasteiger partial charge in [0.05, 0.1) is 93.6 Å². The zero-order valence-electron chi connectivity index (χ0n) is 72.1. The topological polar surface area (TPSA) is 208 Å². The van der Waals surface area contributed by atoms with E-state index in [-0.39, 0.29) is 34.5 Å². The summed E-state index contributed by atoms with van der Waals surface area (Å²) in [4.78, 5) is 70.8. The molecule has 14 aromatic rings. The molecular formula is C101H111ClF2N20. The van der Waals surface area contributed by atoms with Gasteiger partial charge in [-0.15, -0.1) is 0 Å². The number of aromatic nitrogens is 14. The minimum atomic E-state index is -0.275. The fourth-order valence-corrected chi connectivity index (χ4v) is 17.7. The molecule has 0 fully saturated rings. The molecule has 4 aliphatic rings. The van der Waals surface area contributed by atoms with E-state index in [9.17, 15) is 8.78 Å². The maximum Gasteiger partial charge on any atom is 0.151 e. The highest BCUT2D eigenvalue weighted by molar-refractivity contribution is 6.31. The Balaban J connectivity index is 0.000000128. The number of fused-ring (bicyclic) bond motifs is 4. The summed E-state index contributed by atoms with van der Waals surface area (Å²) < 4.78 is 32.1. The molecule has 10 aromatic heterocycles. The number of rotatable bonds is 30. The van der Waals surface area contributed by atoms with Gasteiger partial charge in [0.25, 0.3) is 0 Å². The van der Waals surface area contributed by atoms with Crippen molar-refractivity contribution >= 4 is 46.1 Å². The lowest BCUT2D eigenvalue weighted by molar-refractivity contribution is 0.162. The van der Waals surface area contributed by atoms with Crippen LogP contribution in [0.3, 0.4) is 0 Å². The summed E-state index contributed by atoms with van der Waals surface area (Å²) in [5, 5.41) is 0.701. The second-order valence-corrected chi connectivity index (χ2v) is 34.1. The Morgan fingerprint density at radius 3 is 1.44 bits per heavy atom. The highest BCUT2D eigenvalue weighted by atomic mass is 35.5. The molecule has 23 heteroatoms. The quantitative estimate of drug-likeness (QED) is 0.0429. The molecule has 2 aliphatic heterocycles. The number of halogens is 3. The van der Waals surface area contributed by atoms with E-state index < -0.39 is 0 Å². The van der Waals surface area contributed by atoms with E-state index in [2.05, 4.69) is 196 Å². The van der Waals surface area contributed by atoms with Crippen LogP contribution in [0.1, 0.15) is 187 Å². The second kappa shape index (κ2) is 41.4. The van der Waals surface area contributed by atoms with Gasteiger partial charge in [-0.2, -0.15) is 0 Å². The molecule has 18 rings (SSSR count). The van der Waals surface area contributed by atoms with E-state index in [0.717, 1.165) is 185 Å². The SMILES string of the molecule is CC(C)(c1ccccc1)c1cccnc1CN(CCC1=CN=CC1)Cc1ncccc1Cl.Cc1cccnc1CN(CCC1=CN=CC1)Cc1ncccc1C(C)(C)c1ccccc1.Cn1c(CN(CCc2cnc[nH]2)[C@H]2CCCc3cccnc32)nc2c(F)cccc21.Cn1c(CN(CCc2cnc[nH]2)[C@H]2CCCc3cccnc32)nc2ccc(F)cc21. The largest absolute Gasteiger partial charge is 0.348 e. The van der Waals surface area contributed by atoms with Crippen molar-refractivity contribution in [3.63, 3.8) is 0 Å². The molecule has 20 nitrogen and oxygen atoms in total. The van der Waals surface area contributed by atoms with Gasteiger partial charge >= 0.3 is 0 Å². The minimum Gasteiger partial charge on any atom is -0.348 e. The number of H-pyrrole nitrogens is 2. The molecule has 2 aliphatic carbocycles. The van der Waals surface area contributed by atoms with Crippen molar-refractivity contribution in [2.24, 2.45) is 24.1 Å². The number of aliphatic imine (C=N–C) groups is 2. The van der Waals surface area contributed by atoms with Crippen LogP contribution in [0.5, 0.6) is 0 Å². The number of para-hydroxylation sites is 1. The van der Waals surface area contributed by atoms with Gasteiger partial charge in [-0.05, 0) is 181 Å². The maximum atomic E-state index is 14.3. The number of imidazole rings is 4. The molecule has 0 unspecified atom stereocenters. The monoisotopic (exact) mass is 1680 g/mol. The van der Waals surface area contributed by atoms with E-state index >= 15 is 0 Å². The van der Waals surface area contributed by atoms with Gasteiger partial charge in [0.1, 0.15) is 23.0 Å². The van der Waals surface area contributed by atoms with Gasteiger partial charge in [-0.3, -0.25) is 59.5 Å². The molecule has 0 bridgehead atoms. The van der Waals surface area contributed by atoms with Crippen molar-refractivity contribution in [3.05, 3.63) is 368 Å². The standard InChI is InChI=1S/C28H32N4.C27H29ClN4.2C23H25FN6/c1-22-9-7-15-30-26(22)20-32(18-14-23-13-17-29-19-23)21-27-25(12-8-16-31-27)28(2,3)24-10-5-4-6-11-24;1-27(2,22-8-4-3-5-9-22)23-10-6-14-30-25(23)19-32(17-13-21-12-16-29-18-21)20-26-24(28)11-7-15-31-26;1-29-19-8-3-7-18(24)23(19)28-21(29)14-30(12-10-17-13-25-15-27-17)20-9-2-5-16-6-4-11-26-22(16)20;1-29-21-12-17(24)7-8-19(21)28-22(29)14-30(11-9-18-13-25-15-27-18)20-6-2-4-16-5-3-10-26-23(16)20/h4-12,15-17,19H,13-14,18,20-21H2,1-3H3;3-11,14-16,18H,12-13,17,19-20H2,1-2H3;3-4,6-8,11,13,15,20H,2,5,9-10,12,14H2,1H3,(H,25,27);3,5,7-8,10,12-13,15,20H,2,4,6,9,11,14H2,1H3,(H,25,27)/t;;2*20-/m..00/s1. The minimum absolute atomic E-state index is 0.126. The van der Waals surface area contributed by atoms with E-state index in [1.807, 2.05) is 134 Å². The van der Waals surface area contributed by atoms with Crippen molar-refractivity contribution in [1.29, 1.82) is 0 Å². The van der Waals surface area contributed by atoms with E-state index in [4.69, 9.17) is 36.5 Å². The number of nitrogens with one attached hydrogen (secondary N) is 2. The molecule has 0 spiro atoms. The van der Waals surface area contributed by atoms with Crippen molar-refractivity contribution in [2.75, 3.05) is 26.2 Å². The van der Waals surface area contributed by atoms with E-state index in [0.29, 0.717) is 30.2 Å². The number of aromatic amines is 2. The van der Waals surface area contributed by atoms with Crippen LogP contribution in [-0.4, -0.2) is 127 Å². The third-order valence-corrected chi connectivity index (χ3v) is 25.1. The van der Waals surface area contributed by atoms with Crippen LogP contribution in [0.4, 0.5) is 8.78 Å². The number of benzene rings is 4. The lowest BCUT2D eigenvalue weighted by Gasteiger charge is -2.34. The zero-order chi connectivity index (χ0) is 85.8. The first-order valence-electron chi connectivity index (χ1n) is 43.3. The normalized spacial score (nSPS) is 14.9. The molecule has 4 aromatic carbocycles. The summed E-state index contributed by atoms with van der Waals surface area (Å²) in [5.74, 6) is 1.28. The molecule has 0 saturated heterocycles. The molecule has 2 atom stereocenters. The van der Waals surface area contributed by atoms with E-state index in [1.165, 1.54) is 73.6 Å². The van der Waals surface area contributed by atoms with Gasteiger partial charge in [-0.1, -0.05) is 136 Å². The first-order valence-corrected chi connectivity index (χ1v) is 43.7. The number of aryl methyl sites for hydroxylation is 5. The van der Waals surface area contributed by atoms with Crippen molar-refractivity contribution in [2.45, 2.75) is 174 Å². The van der Waals surface area contributed by atoms with Crippen LogP contribution in [0.2, 0.25) is 5.02 Å². The Labute approximate surface area is 731 Å². The molecular weight excluding hydrogens is 1570 g/mol. The van der Waals surface area contributed by atoms with Crippen molar-refractivity contribution < 1.29 is 8.78 Å². The molecule has 636 valence electrons. The maximum absolute atomic E-state index is 14.3. The van der Waals surface area contributed by atoms with E-state index in [1.54, 1.807) is 37.1 Å². The third kappa shape index (κ3) is 21.8. The summed E-state index contributed by atoms with van der Waals surface area (Å²) in [6.45, 7) is 19.1. The number of hydrogen-bond acceptors (Lipinski definition) is 16. The van der Waals surface area contributed by atoms with Crippen molar-refractivity contribution in [3.8, 4) is 0 Å². The fourth-order valence-electron chi connectivity index (χ4n) is 17.5. The molecule has 2 N–H and O–H groups in total. The third-order valence-electron chi connectivity index (χ3n) is 24.7. The summed E-state index contributed by atoms with van der Waals surface area (Å²) in [6, 6.07) is 56.6. The fraction of sp³-hybridized carbons (Fsp3) is 0.327. The summed E-state index contributed by atoms with van der Waals surface area (Å²) in [6.07, 6.45) is 38.6. The Bertz CT molecular complexity index is 5780. The molecule has 0 radical (unpaired) electrons. The molecule has 124 heavy (non-hydrogen) atoms. The first-order chi connectivity index (χ1) is 60.5. The highest BCUT2D eigenvalue weighted by Gasteiger charge is 2.33. The van der Waals surface area contributed by atoms with Crippen LogP contribution in [-0.2, 0) is 89.9 Å². The van der Waals surface area contributed by atoms with Crippen LogP contribution in [0, 0.1) is 18.6 Å². The lowest BCUT2D eigenvalue weighted by atomic mass is 9.77. The molecule has 0 amide bonds. The average Bonchev–Trinajstić information content (AvgIpc) is 1.47. The Morgan fingerprint density at radius 2 is 0.944 bits per heavy atom. The second-order valence-electron chi connectivity index (χ2n) is 33.7. The lowest BCUT2D eigenvalue weighted by Crippen LogP contribution is -2.34. The molecule has 0 saturated carbocycles. The van der Waals surface area contributed by atoms with Crippen LogP contribution < -0.4 is 0 Å². The highest BCUT2D eigenvalue weighted by Crippen LogP contribution is 2.39. The Hall–Kier alpha value is -12.1. The summed E-state index contributed by atoms with van der Waals surface area (Å²) in [7, 11) is 3.93. The van der Waals surface area contributed by atoms with Crippen molar-refractivity contribution in [1.82, 2.24) is 88.5 Å². The summed E-state index contributed by atoms with van der Waals surface area (Å²) in [5.41, 5.74) is 23.2.